The van der Waals surface area contributed by atoms with E-state index in [1.54, 1.807) is 48.5 Å². The monoisotopic (exact) mass is 481 g/mol. The molecule has 6 nitrogen and oxygen atoms in total. The van der Waals surface area contributed by atoms with Crippen molar-refractivity contribution >= 4 is 27.3 Å². The van der Waals surface area contributed by atoms with Crippen LogP contribution < -0.4 is 9.62 Å². The third kappa shape index (κ3) is 5.94. The van der Waals surface area contributed by atoms with Gasteiger partial charge in [0, 0.05) is 44.0 Å². The van der Waals surface area contributed by atoms with Crippen LogP contribution in [0.25, 0.3) is 0 Å². The minimum atomic E-state index is -3.67. The maximum absolute atomic E-state index is 13.1. The lowest BCUT2D eigenvalue weighted by Gasteiger charge is -2.36. The molecule has 34 heavy (non-hydrogen) atoms. The molecular formula is C26H28FN3O3S. The normalized spacial score (nSPS) is 14.2. The summed E-state index contributed by atoms with van der Waals surface area (Å²) in [5, 5.41) is 0. The van der Waals surface area contributed by atoms with Crippen molar-refractivity contribution in [2.45, 2.75) is 24.7 Å². The molecule has 3 aromatic carbocycles. The maximum atomic E-state index is 13.1. The Morgan fingerprint density at radius 3 is 2.12 bits per heavy atom. The fraction of sp³-hybridized carbons (Fsp3) is 0.269. The number of benzene rings is 3. The third-order valence-electron chi connectivity index (χ3n) is 5.99. The molecule has 1 heterocycles. The first-order valence-corrected chi connectivity index (χ1v) is 12.8. The molecule has 0 radical (unpaired) electrons. The van der Waals surface area contributed by atoms with Crippen LogP contribution in [0.1, 0.15) is 17.5 Å². The maximum Gasteiger partial charge on any atom is 0.261 e. The van der Waals surface area contributed by atoms with E-state index in [4.69, 9.17) is 0 Å². The van der Waals surface area contributed by atoms with Gasteiger partial charge in [0.05, 0.1) is 4.90 Å². The first kappa shape index (κ1) is 23.8. The number of nitrogens with one attached hydrogen (secondary N) is 1. The van der Waals surface area contributed by atoms with Gasteiger partial charge >= 0.3 is 0 Å². The number of carbonyl (C=O) groups is 1. The van der Waals surface area contributed by atoms with Gasteiger partial charge < -0.3 is 9.80 Å². The van der Waals surface area contributed by atoms with Crippen molar-refractivity contribution in [3.05, 3.63) is 89.7 Å². The van der Waals surface area contributed by atoms with Gasteiger partial charge in [-0.05, 0) is 67.4 Å². The lowest BCUT2D eigenvalue weighted by molar-refractivity contribution is -0.131. The van der Waals surface area contributed by atoms with E-state index in [9.17, 15) is 17.6 Å². The van der Waals surface area contributed by atoms with Gasteiger partial charge in [-0.1, -0.05) is 29.8 Å². The van der Waals surface area contributed by atoms with Crippen molar-refractivity contribution in [3.8, 4) is 0 Å². The lowest BCUT2D eigenvalue weighted by atomic mass is 10.1. The van der Waals surface area contributed by atoms with E-state index in [-0.39, 0.29) is 16.6 Å². The molecule has 8 heteroatoms. The molecule has 1 N–H and O–H groups in total. The summed E-state index contributed by atoms with van der Waals surface area (Å²) in [6.45, 7) is 4.60. The van der Waals surface area contributed by atoms with E-state index in [2.05, 4.69) is 9.62 Å². The van der Waals surface area contributed by atoms with Crippen LogP contribution in [0.2, 0.25) is 0 Å². The molecule has 178 valence electrons. The van der Waals surface area contributed by atoms with Crippen LogP contribution in [-0.2, 0) is 21.2 Å². The molecule has 3 aromatic rings. The molecule has 0 aliphatic carbocycles. The quantitative estimate of drug-likeness (QED) is 0.549. The Balaban J connectivity index is 1.27. The molecule has 1 amide bonds. The first-order valence-electron chi connectivity index (χ1n) is 11.3. The van der Waals surface area contributed by atoms with Gasteiger partial charge in [0.25, 0.3) is 10.0 Å². The van der Waals surface area contributed by atoms with Crippen molar-refractivity contribution in [3.63, 3.8) is 0 Å². The highest BCUT2D eigenvalue weighted by atomic mass is 32.2. The van der Waals surface area contributed by atoms with Crippen molar-refractivity contribution < 1.29 is 17.6 Å². The molecular weight excluding hydrogens is 453 g/mol. The summed E-state index contributed by atoms with van der Waals surface area (Å²) < 4.78 is 40.9. The highest BCUT2D eigenvalue weighted by molar-refractivity contribution is 7.92. The van der Waals surface area contributed by atoms with Gasteiger partial charge in [-0.2, -0.15) is 0 Å². The largest absolute Gasteiger partial charge is 0.368 e. The van der Waals surface area contributed by atoms with Gasteiger partial charge in [-0.25, -0.2) is 12.8 Å². The molecule has 1 aliphatic heterocycles. The Bertz CT molecular complexity index is 1220. The number of rotatable bonds is 7. The number of halogens is 1. The zero-order valence-electron chi connectivity index (χ0n) is 19.1. The predicted molar refractivity (Wildman–Crippen MR) is 132 cm³/mol. The molecule has 1 fully saturated rings. The second kappa shape index (κ2) is 10.3. The third-order valence-corrected chi connectivity index (χ3v) is 7.39. The van der Waals surface area contributed by atoms with Crippen LogP contribution in [0.4, 0.5) is 15.8 Å². The molecule has 0 unspecified atom stereocenters. The molecule has 1 saturated heterocycles. The van der Waals surface area contributed by atoms with Gasteiger partial charge in [0.2, 0.25) is 5.91 Å². The predicted octanol–water partition coefficient (Wildman–Crippen LogP) is 4.22. The topological polar surface area (TPSA) is 69.7 Å². The molecule has 4 rings (SSSR count). The fourth-order valence-electron chi connectivity index (χ4n) is 3.95. The van der Waals surface area contributed by atoms with Gasteiger partial charge in [0.15, 0.2) is 0 Å². The summed E-state index contributed by atoms with van der Waals surface area (Å²) >= 11 is 0. The molecule has 0 aromatic heterocycles. The second-order valence-corrected chi connectivity index (χ2v) is 10.1. The summed E-state index contributed by atoms with van der Waals surface area (Å²) in [5.41, 5.74) is 3.43. The van der Waals surface area contributed by atoms with Crippen LogP contribution >= 0.6 is 0 Å². The van der Waals surface area contributed by atoms with E-state index < -0.39 is 10.0 Å². The van der Waals surface area contributed by atoms with E-state index >= 15 is 0 Å². The summed E-state index contributed by atoms with van der Waals surface area (Å²) in [6, 6.07) is 20.2. The second-order valence-electron chi connectivity index (χ2n) is 8.46. The summed E-state index contributed by atoms with van der Waals surface area (Å²) in [7, 11) is -3.67. The summed E-state index contributed by atoms with van der Waals surface area (Å²) in [5.74, 6) is -0.179. The van der Waals surface area contributed by atoms with Crippen molar-refractivity contribution in [2.24, 2.45) is 0 Å². The Morgan fingerprint density at radius 1 is 0.882 bits per heavy atom. The minimum Gasteiger partial charge on any atom is -0.368 e. The van der Waals surface area contributed by atoms with Crippen LogP contribution in [0, 0.1) is 12.7 Å². The Labute approximate surface area is 200 Å². The number of sulfonamides is 1. The van der Waals surface area contributed by atoms with Crippen LogP contribution in [0.5, 0.6) is 0 Å². The van der Waals surface area contributed by atoms with E-state index in [1.165, 1.54) is 12.1 Å². The van der Waals surface area contributed by atoms with E-state index in [0.717, 1.165) is 16.8 Å². The Morgan fingerprint density at radius 2 is 1.50 bits per heavy atom. The number of aryl methyl sites for hydroxylation is 2. The standard InChI is InChI=1S/C26H28FN3O3S/c1-20-2-9-23(10-3-20)28-34(32,33)25-13-4-21(5-14-25)6-15-26(31)30-18-16-29(17-19-30)24-11-7-22(27)8-12-24/h2-5,7-14,28H,6,15-19H2,1H3. The molecule has 0 spiro atoms. The van der Waals surface area contributed by atoms with Crippen LogP contribution in [0.3, 0.4) is 0 Å². The number of anilines is 2. The highest BCUT2D eigenvalue weighted by Crippen LogP contribution is 2.19. The van der Waals surface area contributed by atoms with Crippen molar-refractivity contribution in [2.75, 3.05) is 35.8 Å². The fourth-order valence-corrected chi connectivity index (χ4v) is 5.00. The van der Waals surface area contributed by atoms with Gasteiger partial charge in [0.1, 0.15) is 5.82 Å². The number of piperazine rings is 1. The molecule has 1 aliphatic rings. The SMILES string of the molecule is Cc1ccc(NS(=O)(=O)c2ccc(CCC(=O)N3CCN(c4ccc(F)cc4)CC3)cc2)cc1. The number of amides is 1. The highest BCUT2D eigenvalue weighted by Gasteiger charge is 2.21. The zero-order chi connectivity index (χ0) is 24.1. The van der Waals surface area contributed by atoms with E-state index in [0.29, 0.717) is 44.7 Å². The lowest BCUT2D eigenvalue weighted by Crippen LogP contribution is -2.48. The molecule has 0 bridgehead atoms. The Kier molecular flexibility index (Phi) is 7.17. The van der Waals surface area contributed by atoms with Gasteiger partial charge in [-0.3, -0.25) is 9.52 Å². The zero-order valence-corrected chi connectivity index (χ0v) is 19.9. The number of hydrogen-bond acceptors (Lipinski definition) is 4. The minimum absolute atomic E-state index is 0.0801. The molecule has 0 atom stereocenters. The van der Waals surface area contributed by atoms with Crippen molar-refractivity contribution in [1.82, 2.24) is 4.90 Å². The molecule has 0 saturated carbocycles. The summed E-state index contributed by atoms with van der Waals surface area (Å²) in [6.07, 6.45) is 0.910. The number of nitrogens with zero attached hydrogens (tertiary/aromatic N) is 2. The number of hydrogen-bond donors (Lipinski definition) is 1. The van der Waals surface area contributed by atoms with Gasteiger partial charge in [-0.15, -0.1) is 0 Å². The first-order chi connectivity index (χ1) is 16.3. The Hall–Kier alpha value is -3.39. The van der Waals surface area contributed by atoms with Crippen molar-refractivity contribution in [1.29, 1.82) is 0 Å². The average Bonchev–Trinajstić information content (AvgIpc) is 2.85. The smallest absolute Gasteiger partial charge is 0.261 e. The average molecular weight is 482 g/mol. The van der Waals surface area contributed by atoms with Crippen LogP contribution in [0.15, 0.2) is 77.7 Å². The van der Waals surface area contributed by atoms with Crippen LogP contribution in [-0.4, -0.2) is 45.4 Å². The number of carbonyl (C=O) groups excluding carboxylic acids is 1. The summed E-state index contributed by atoms with van der Waals surface area (Å²) in [4.78, 5) is 16.8. The van der Waals surface area contributed by atoms with E-state index in [1.807, 2.05) is 24.0 Å².